The van der Waals surface area contributed by atoms with Crippen LogP contribution in [0.4, 0.5) is 0 Å². The average molecular weight is 295 g/mol. The number of aliphatic hydroxyl groups excluding tert-OH is 1. The van der Waals surface area contributed by atoms with Gasteiger partial charge in [0.25, 0.3) is 0 Å². The second kappa shape index (κ2) is 6.69. The lowest BCUT2D eigenvalue weighted by atomic mass is 10.1. The first-order chi connectivity index (χ1) is 9.62. The van der Waals surface area contributed by atoms with Crippen LogP contribution in [0.2, 0.25) is 0 Å². The lowest BCUT2D eigenvalue weighted by Gasteiger charge is -2.06. The molecule has 0 saturated carbocycles. The molecule has 2 N–H and O–H groups in total. The number of hydrogen-bond acceptors (Lipinski definition) is 4. The van der Waals surface area contributed by atoms with Crippen molar-refractivity contribution < 1.29 is 17.9 Å². The van der Waals surface area contributed by atoms with E-state index in [4.69, 9.17) is 9.52 Å². The van der Waals surface area contributed by atoms with Gasteiger partial charge in [0.1, 0.15) is 5.76 Å². The van der Waals surface area contributed by atoms with Crippen molar-refractivity contribution in [3.63, 3.8) is 0 Å². The highest BCUT2D eigenvalue weighted by Crippen LogP contribution is 2.12. The van der Waals surface area contributed by atoms with E-state index < -0.39 is 10.0 Å². The van der Waals surface area contributed by atoms with E-state index in [1.807, 2.05) is 0 Å². The van der Waals surface area contributed by atoms with Crippen LogP contribution in [0.5, 0.6) is 0 Å². The molecular formula is C14H17NO4S. The first-order valence-electron chi connectivity index (χ1n) is 6.34. The molecule has 0 fully saturated rings. The highest BCUT2D eigenvalue weighted by atomic mass is 32.2. The number of benzene rings is 1. The minimum absolute atomic E-state index is 0.127. The fourth-order valence-corrected chi connectivity index (χ4v) is 2.77. The van der Waals surface area contributed by atoms with E-state index >= 15 is 0 Å². The summed E-state index contributed by atoms with van der Waals surface area (Å²) in [7, 11) is -3.53. The molecule has 2 aromatic rings. The standard InChI is InChI=1S/C14H17NO4S/c16-9-1-3-12-5-7-14(8-6-12)20(17,18)15-11-13-4-2-10-19-13/h2,4-8,10,15-16H,1,3,9,11H2. The van der Waals surface area contributed by atoms with Gasteiger partial charge in [-0.15, -0.1) is 0 Å². The molecule has 0 unspecified atom stereocenters. The van der Waals surface area contributed by atoms with Gasteiger partial charge in [0.05, 0.1) is 17.7 Å². The zero-order valence-electron chi connectivity index (χ0n) is 11.0. The first kappa shape index (κ1) is 14.8. The number of nitrogens with one attached hydrogen (secondary N) is 1. The average Bonchev–Trinajstić information content (AvgIpc) is 2.97. The van der Waals surface area contributed by atoms with Crippen molar-refractivity contribution in [2.45, 2.75) is 24.3 Å². The molecule has 108 valence electrons. The van der Waals surface area contributed by atoms with Gasteiger partial charge in [-0.3, -0.25) is 0 Å². The molecule has 0 aliphatic rings. The zero-order chi connectivity index (χ0) is 14.4. The fraction of sp³-hybridized carbons (Fsp3) is 0.286. The molecule has 0 amide bonds. The Morgan fingerprint density at radius 2 is 1.90 bits per heavy atom. The summed E-state index contributed by atoms with van der Waals surface area (Å²) in [5.74, 6) is 0.563. The van der Waals surface area contributed by atoms with Crippen LogP contribution in [0.25, 0.3) is 0 Å². The Hall–Kier alpha value is -1.63. The molecular weight excluding hydrogens is 278 g/mol. The molecule has 0 radical (unpaired) electrons. The van der Waals surface area contributed by atoms with E-state index in [1.165, 1.54) is 6.26 Å². The summed E-state index contributed by atoms with van der Waals surface area (Å²) in [6.07, 6.45) is 2.90. The largest absolute Gasteiger partial charge is 0.468 e. The summed E-state index contributed by atoms with van der Waals surface area (Å²) in [5.41, 5.74) is 1.00. The van der Waals surface area contributed by atoms with Crippen LogP contribution in [0, 0.1) is 0 Å². The number of aliphatic hydroxyl groups is 1. The summed E-state index contributed by atoms with van der Waals surface area (Å²) >= 11 is 0. The van der Waals surface area contributed by atoms with Gasteiger partial charge in [0.2, 0.25) is 10.0 Å². The third-order valence-electron chi connectivity index (χ3n) is 2.87. The molecule has 1 aromatic carbocycles. The van der Waals surface area contributed by atoms with Crippen LogP contribution in [-0.2, 0) is 23.0 Å². The van der Waals surface area contributed by atoms with Gasteiger partial charge < -0.3 is 9.52 Å². The van der Waals surface area contributed by atoms with E-state index in [-0.39, 0.29) is 18.0 Å². The third kappa shape index (κ3) is 3.93. The quantitative estimate of drug-likeness (QED) is 0.814. The Kier molecular flexibility index (Phi) is 4.94. The van der Waals surface area contributed by atoms with Crippen molar-refractivity contribution in [2.75, 3.05) is 6.61 Å². The minimum atomic E-state index is -3.53. The normalized spacial score (nSPS) is 11.7. The number of rotatable bonds is 7. The van der Waals surface area contributed by atoms with Crippen LogP contribution in [0.3, 0.4) is 0 Å². The fourth-order valence-electron chi connectivity index (χ4n) is 1.78. The maximum absolute atomic E-state index is 12.1. The Balaban J connectivity index is 2.01. The molecule has 2 rings (SSSR count). The maximum atomic E-state index is 12.1. The summed E-state index contributed by atoms with van der Waals surface area (Å²) in [4.78, 5) is 0.219. The van der Waals surface area contributed by atoms with Crippen molar-refractivity contribution in [1.29, 1.82) is 0 Å². The highest BCUT2D eigenvalue weighted by molar-refractivity contribution is 7.89. The molecule has 0 aliphatic carbocycles. The van der Waals surface area contributed by atoms with Gasteiger partial charge in [-0.2, -0.15) is 0 Å². The summed E-state index contributed by atoms with van der Waals surface area (Å²) in [5, 5.41) is 8.76. The van der Waals surface area contributed by atoms with Crippen LogP contribution in [0.15, 0.2) is 52.0 Å². The van der Waals surface area contributed by atoms with Crippen LogP contribution in [-0.4, -0.2) is 20.1 Å². The van der Waals surface area contributed by atoms with Crippen molar-refractivity contribution >= 4 is 10.0 Å². The molecule has 6 heteroatoms. The van der Waals surface area contributed by atoms with Gasteiger partial charge >= 0.3 is 0 Å². The van der Waals surface area contributed by atoms with Gasteiger partial charge in [0.15, 0.2) is 0 Å². The van der Waals surface area contributed by atoms with Crippen LogP contribution < -0.4 is 4.72 Å². The predicted octanol–water partition coefficient (Wildman–Crippen LogP) is 1.68. The van der Waals surface area contributed by atoms with E-state index in [2.05, 4.69) is 4.72 Å². The number of hydrogen-bond donors (Lipinski definition) is 2. The molecule has 0 spiro atoms. The van der Waals surface area contributed by atoms with Crippen LogP contribution in [0.1, 0.15) is 17.7 Å². The first-order valence-corrected chi connectivity index (χ1v) is 7.82. The second-order valence-corrected chi connectivity index (χ2v) is 6.14. The molecule has 0 aliphatic heterocycles. The van der Waals surface area contributed by atoms with E-state index in [0.29, 0.717) is 12.2 Å². The summed E-state index contributed by atoms with van der Waals surface area (Å²) in [6.45, 7) is 0.256. The van der Waals surface area contributed by atoms with E-state index in [9.17, 15) is 8.42 Å². The second-order valence-electron chi connectivity index (χ2n) is 4.38. The van der Waals surface area contributed by atoms with Gasteiger partial charge in [0, 0.05) is 6.61 Å². The number of sulfonamides is 1. The lowest BCUT2D eigenvalue weighted by Crippen LogP contribution is -2.22. The van der Waals surface area contributed by atoms with Gasteiger partial charge in [-0.25, -0.2) is 13.1 Å². The predicted molar refractivity (Wildman–Crippen MR) is 74.6 cm³/mol. The van der Waals surface area contributed by atoms with E-state index in [0.717, 1.165) is 12.0 Å². The molecule has 0 atom stereocenters. The van der Waals surface area contributed by atoms with Crippen molar-refractivity contribution in [3.05, 3.63) is 54.0 Å². The highest BCUT2D eigenvalue weighted by Gasteiger charge is 2.13. The monoisotopic (exact) mass is 295 g/mol. The molecule has 0 bridgehead atoms. The number of furan rings is 1. The molecule has 1 aromatic heterocycles. The molecule has 1 heterocycles. The molecule has 0 saturated heterocycles. The van der Waals surface area contributed by atoms with Crippen molar-refractivity contribution in [3.8, 4) is 0 Å². The zero-order valence-corrected chi connectivity index (χ0v) is 11.8. The van der Waals surface area contributed by atoms with E-state index in [1.54, 1.807) is 36.4 Å². The maximum Gasteiger partial charge on any atom is 0.240 e. The van der Waals surface area contributed by atoms with Crippen LogP contribution >= 0.6 is 0 Å². The Bertz CT molecular complexity index is 618. The topological polar surface area (TPSA) is 79.5 Å². The van der Waals surface area contributed by atoms with Gasteiger partial charge in [-0.05, 0) is 42.7 Å². The minimum Gasteiger partial charge on any atom is -0.468 e. The Labute approximate surface area is 118 Å². The Morgan fingerprint density at radius 1 is 1.15 bits per heavy atom. The molecule has 5 nitrogen and oxygen atoms in total. The van der Waals surface area contributed by atoms with Crippen molar-refractivity contribution in [2.24, 2.45) is 0 Å². The third-order valence-corrected chi connectivity index (χ3v) is 4.29. The number of aryl methyl sites for hydroxylation is 1. The smallest absolute Gasteiger partial charge is 0.240 e. The SMILES string of the molecule is O=S(=O)(NCc1ccco1)c1ccc(CCCO)cc1. The van der Waals surface area contributed by atoms with Crippen molar-refractivity contribution in [1.82, 2.24) is 4.72 Å². The van der Waals surface area contributed by atoms with Gasteiger partial charge in [-0.1, -0.05) is 12.1 Å². The Morgan fingerprint density at radius 3 is 2.50 bits per heavy atom. The molecule has 20 heavy (non-hydrogen) atoms. The lowest BCUT2D eigenvalue weighted by molar-refractivity contribution is 0.288. The summed E-state index contributed by atoms with van der Waals surface area (Å²) in [6, 6.07) is 10.1. The summed E-state index contributed by atoms with van der Waals surface area (Å²) < 4.78 is 31.7.